The molecule has 0 amide bonds. The van der Waals surface area contributed by atoms with Gasteiger partial charge < -0.3 is 9.47 Å². The van der Waals surface area contributed by atoms with Gasteiger partial charge in [-0.25, -0.2) is 4.79 Å². The van der Waals surface area contributed by atoms with Crippen LogP contribution in [0.5, 0.6) is 0 Å². The second-order valence-corrected chi connectivity index (χ2v) is 6.64. The summed E-state index contributed by atoms with van der Waals surface area (Å²) in [6.07, 6.45) is -51.1. The third-order valence-corrected chi connectivity index (χ3v) is 3.85. The van der Waals surface area contributed by atoms with Crippen LogP contribution in [0.2, 0.25) is 0 Å². The van der Waals surface area contributed by atoms with Gasteiger partial charge in [0.2, 0.25) is 5.78 Å². The van der Waals surface area contributed by atoms with Crippen molar-refractivity contribution in [2.24, 2.45) is 0 Å². The maximum absolute atomic E-state index is 13.3. The van der Waals surface area contributed by atoms with Crippen molar-refractivity contribution in [2.75, 3.05) is 6.61 Å². The molecule has 0 saturated heterocycles. The number of carbonyl (C=O) groups is 2. The lowest BCUT2D eigenvalue weighted by atomic mass is 9.96. The lowest BCUT2D eigenvalue weighted by Crippen LogP contribution is -2.70. The molecule has 0 aromatic heterocycles. The molecular weight excluding hydrogens is 609 g/mol. The van der Waals surface area contributed by atoms with E-state index in [2.05, 4.69) is 9.47 Å². The third-order valence-electron chi connectivity index (χ3n) is 3.85. The maximum atomic E-state index is 13.3. The molecule has 0 bridgehead atoms. The zero-order valence-corrected chi connectivity index (χ0v) is 17.1. The standard InChI is InChI=1S/C14H7F19O5/c1-3(8(15,16)17)37-5(9(18,19)20)6(35)36-2-4(34)7(11(23,24)25,12(26,27)28)38-14(32,33)10(21,22)13(29,30)31/h3,5H,2H2,1H3. The number of esters is 1. The van der Waals surface area contributed by atoms with Crippen molar-refractivity contribution in [2.45, 2.75) is 67.6 Å². The van der Waals surface area contributed by atoms with Gasteiger partial charge in [-0.05, 0) is 6.92 Å². The molecule has 2 atom stereocenters. The number of ketones is 1. The molecule has 0 saturated carbocycles. The first-order chi connectivity index (χ1) is 16.3. The Hall–Kier alpha value is -2.27. The van der Waals surface area contributed by atoms with Crippen LogP contribution in [0.1, 0.15) is 6.92 Å². The lowest BCUT2D eigenvalue weighted by molar-refractivity contribution is -0.482. The van der Waals surface area contributed by atoms with Gasteiger partial charge in [-0.1, -0.05) is 0 Å². The van der Waals surface area contributed by atoms with Crippen LogP contribution in [0.3, 0.4) is 0 Å². The summed E-state index contributed by atoms with van der Waals surface area (Å²) in [7, 11) is 0. The van der Waals surface area contributed by atoms with Crippen molar-refractivity contribution in [3.8, 4) is 0 Å². The summed E-state index contributed by atoms with van der Waals surface area (Å²) in [5.41, 5.74) is -7.42. The van der Waals surface area contributed by atoms with Crippen LogP contribution in [0.4, 0.5) is 83.4 Å². The normalized spacial score (nSPS) is 16.7. The number of rotatable bonds is 9. The summed E-state index contributed by atoms with van der Waals surface area (Å²) in [6.45, 7) is -3.66. The van der Waals surface area contributed by atoms with Gasteiger partial charge >= 0.3 is 54.5 Å². The van der Waals surface area contributed by atoms with Crippen LogP contribution < -0.4 is 0 Å². The quantitative estimate of drug-likeness (QED) is 0.247. The van der Waals surface area contributed by atoms with Crippen LogP contribution in [0.25, 0.3) is 0 Å². The predicted molar refractivity (Wildman–Crippen MR) is 74.3 cm³/mol. The minimum Gasteiger partial charge on any atom is -0.455 e. The minimum atomic E-state index is -7.88. The van der Waals surface area contributed by atoms with E-state index in [4.69, 9.17) is 0 Å². The number of hydrogen-bond donors (Lipinski definition) is 0. The van der Waals surface area contributed by atoms with Gasteiger partial charge in [0.05, 0.1) is 0 Å². The number of ether oxygens (including phenoxy) is 3. The maximum Gasteiger partial charge on any atom is 0.462 e. The first-order valence-electron chi connectivity index (χ1n) is 8.42. The summed E-state index contributed by atoms with van der Waals surface area (Å²) in [6, 6.07) is 0. The third kappa shape index (κ3) is 7.22. The summed E-state index contributed by atoms with van der Waals surface area (Å²) in [5.74, 6) is -15.5. The zero-order valence-electron chi connectivity index (χ0n) is 17.1. The Bertz CT molecular complexity index is 832. The fraction of sp³-hybridized carbons (Fsp3) is 0.857. The van der Waals surface area contributed by atoms with E-state index >= 15 is 0 Å². The Labute approximate surface area is 194 Å². The molecule has 0 heterocycles. The molecule has 0 aliphatic rings. The molecule has 0 aliphatic carbocycles. The molecule has 0 aliphatic heterocycles. The zero-order chi connectivity index (χ0) is 31.1. The van der Waals surface area contributed by atoms with Crippen LogP contribution in [-0.4, -0.2) is 79.1 Å². The molecule has 0 rings (SSSR count). The van der Waals surface area contributed by atoms with E-state index in [-0.39, 0.29) is 6.92 Å². The Balaban J connectivity index is 6.51. The molecule has 0 aromatic rings. The van der Waals surface area contributed by atoms with Gasteiger partial charge in [-0.2, -0.15) is 83.4 Å². The SMILES string of the molecule is CC(OC(C(=O)OCC(=O)C(OC(F)(F)C(F)(F)C(F)(F)F)(C(F)(F)F)C(F)(F)F)C(F)(F)F)C(F)(F)F. The topological polar surface area (TPSA) is 61.8 Å². The molecule has 24 heteroatoms. The van der Waals surface area contributed by atoms with E-state index in [9.17, 15) is 93.0 Å². The molecule has 0 fully saturated rings. The molecule has 5 nitrogen and oxygen atoms in total. The van der Waals surface area contributed by atoms with E-state index in [0.29, 0.717) is 0 Å². The summed E-state index contributed by atoms with van der Waals surface area (Å²) in [4.78, 5) is 22.9. The van der Waals surface area contributed by atoms with Crippen molar-refractivity contribution in [1.82, 2.24) is 0 Å². The predicted octanol–water partition coefficient (Wildman–Crippen LogP) is 5.67. The van der Waals surface area contributed by atoms with Crippen molar-refractivity contribution < 1.29 is 107 Å². The van der Waals surface area contributed by atoms with Crippen molar-refractivity contribution in [1.29, 1.82) is 0 Å². The van der Waals surface area contributed by atoms with E-state index in [1.54, 1.807) is 4.74 Å². The van der Waals surface area contributed by atoms with Gasteiger partial charge in [0.15, 0.2) is 12.7 Å². The second kappa shape index (κ2) is 10.4. The van der Waals surface area contributed by atoms with Crippen LogP contribution in [0, 0.1) is 0 Å². The second-order valence-electron chi connectivity index (χ2n) is 6.64. The number of hydrogen-bond acceptors (Lipinski definition) is 5. The van der Waals surface area contributed by atoms with Crippen LogP contribution in [-0.2, 0) is 23.8 Å². The lowest BCUT2D eigenvalue weighted by Gasteiger charge is -2.39. The monoisotopic (exact) mass is 616 g/mol. The van der Waals surface area contributed by atoms with Crippen LogP contribution >= 0.6 is 0 Å². The van der Waals surface area contributed by atoms with Gasteiger partial charge in [-0.3, -0.25) is 9.53 Å². The van der Waals surface area contributed by atoms with Gasteiger partial charge in [-0.15, -0.1) is 0 Å². The highest BCUT2D eigenvalue weighted by Crippen LogP contribution is 2.54. The summed E-state index contributed by atoms with van der Waals surface area (Å²) < 4.78 is 251. The highest BCUT2D eigenvalue weighted by atomic mass is 19.4. The number of alkyl halides is 19. The van der Waals surface area contributed by atoms with Gasteiger partial charge in [0.25, 0.3) is 6.10 Å². The van der Waals surface area contributed by atoms with Crippen molar-refractivity contribution in [3.63, 3.8) is 0 Å². The Morgan fingerprint density at radius 3 is 1.32 bits per heavy atom. The molecule has 0 aromatic carbocycles. The highest BCUT2D eigenvalue weighted by Gasteiger charge is 2.84. The Morgan fingerprint density at radius 2 is 1.03 bits per heavy atom. The Kier molecular flexibility index (Phi) is 9.75. The smallest absolute Gasteiger partial charge is 0.455 e. The molecule has 0 radical (unpaired) electrons. The summed E-state index contributed by atoms with van der Waals surface area (Å²) >= 11 is 0. The molecule has 38 heavy (non-hydrogen) atoms. The fourth-order valence-corrected chi connectivity index (χ4v) is 1.93. The molecule has 0 N–H and O–H groups in total. The number of carbonyl (C=O) groups excluding carboxylic acids is 2. The fourth-order valence-electron chi connectivity index (χ4n) is 1.93. The molecule has 2 unspecified atom stereocenters. The largest absolute Gasteiger partial charge is 0.462 e. The molecule has 226 valence electrons. The average Bonchev–Trinajstić information content (AvgIpc) is 2.63. The van der Waals surface area contributed by atoms with E-state index in [1.807, 2.05) is 0 Å². The molecular formula is C14H7F19O5. The van der Waals surface area contributed by atoms with Crippen LogP contribution in [0.15, 0.2) is 0 Å². The van der Waals surface area contributed by atoms with E-state index in [0.717, 1.165) is 0 Å². The van der Waals surface area contributed by atoms with Crippen molar-refractivity contribution >= 4 is 11.8 Å². The van der Waals surface area contributed by atoms with E-state index in [1.165, 1.54) is 0 Å². The minimum absolute atomic E-state index is 0.202. The average molecular weight is 616 g/mol. The number of Topliss-reactive ketones (excluding diaryl/α,β-unsaturated/α-hetero) is 1. The molecule has 0 spiro atoms. The first-order valence-corrected chi connectivity index (χ1v) is 8.42. The van der Waals surface area contributed by atoms with Gasteiger partial charge in [0.1, 0.15) is 0 Å². The Morgan fingerprint density at radius 1 is 0.632 bits per heavy atom. The summed E-state index contributed by atoms with van der Waals surface area (Å²) in [5, 5.41) is 0. The van der Waals surface area contributed by atoms with Gasteiger partial charge in [0, 0.05) is 0 Å². The highest BCUT2D eigenvalue weighted by molar-refractivity contribution is 5.92. The van der Waals surface area contributed by atoms with Crippen molar-refractivity contribution in [3.05, 3.63) is 0 Å². The number of halogens is 19. The van der Waals surface area contributed by atoms with E-state index < -0.39 is 79.1 Å². The first kappa shape index (κ1) is 35.7.